The van der Waals surface area contributed by atoms with Gasteiger partial charge in [0.05, 0.1) is 13.2 Å². The first kappa shape index (κ1) is 14.5. The molecule has 0 radical (unpaired) electrons. The topological polar surface area (TPSA) is 21.3 Å². The zero-order valence-electron chi connectivity index (χ0n) is 11.0. The first-order chi connectivity index (χ1) is 9.28. The summed E-state index contributed by atoms with van der Waals surface area (Å²) in [7, 11) is 0. The molecule has 0 spiro atoms. The Balaban J connectivity index is 1.76. The molecule has 0 atom stereocenters. The SMILES string of the molecule is CCNCc1ccc(COCc2ccc(Cl)cc2)s1. The fraction of sp³-hybridized carbons (Fsp3) is 0.333. The van der Waals surface area contributed by atoms with Crippen molar-refractivity contribution in [3.63, 3.8) is 0 Å². The standard InChI is InChI=1S/C15H18ClNOS/c1-2-17-9-14-7-8-15(19-14)11-18-10-12-3-5-13(16)6-4-12/h3-8,17H,2,9-11H2,1H3. The molecule has 0 aliphatic heterocycles. The molecule has 2 rings (SSSR count). The highest BCUT2D eigenvalue weighted by atomic mass is 35.5. The molecule has 1 heterocycles. The van der Waals surface area contributed by atoms with Crippen molar-refractivity contribution >= 4 is 22.9 Å². The summed E-state index contributed by atoms with van der Waals surface area (Å²) in [5, 5.41) is 4.08. The summed E-state index contributed by atoms with van der Waals surface area (Å²) in [6.45, 7) is 5.35. The largest absolute Gasteiger partial charge is 0.371 e. The number of benzene rings is 1. The molecule has 1 aromatic carbocycles. The van der Waals surface area contributed by atoms with Gasteiger partial charge in [0.15, 0.2) is 0 Å². The van der Waals surface area contributed by atoms with Gasteiger partial charge < -0.3 is 10.1 Å². The molecule has 0 fully saturated rings. The molecule has 0 saturated carbocycles. The summed E-state index contributed by atoms with van der Waals surface area (Å²) in [4.78, 5) is 2.62. The molecule has 0 aliphatic rings. The van der Waals surface area contributed by atoms with E-state index in [1.54, 1.807) is 11.3 Å². The fourth-order valence-corrected chi connectivity index (χ4v) is 2.74. The maximum atomic E-state index is 5.84. The summed E-state index contributed by atoms with van der Waals surface area (Å²) in [5.41, 5.74) is 1.15. The van der Waals surface area contributed by atoms with E-state index in [2.05, 4.69) is 24.4 Å². The molecule has 2 nitrogen and oxygen atoms in total. The minimum absolute atomic E-state index is 0.623. The Morgan fingerprint density at radius 3 is 2.53 bits per heavy atom. The fourth-order valence-electron chi connectivity index (χ4n) is 1.69. The lowest BCUT2D eigenvalue weighted by atomic mass is 10.2. The monoisotopic (exact) mass is 295 g/mol. The van der Waals surface area contributed by atoms with Crippen LogP contribution in [0.4, 0.5) is 0 Å². The van der Waals surface area contributed by atoms with E-state index in [-0.39, 0.29) is 0 Å². The Kier molecular flexibility index (Phi) is 5.86. The van der Waals surface area contributed by atoms with Gasteiger partial charge in [0.2, 0.25) is 0 Å². The summed E-state index contributed by atoms with van der Waals surface area (Å²) in [6, 6.07) is 12.1. The molecule has 1 N–H and O–H groups in total. The molecule has 102 valence electrons. The van der Waals surface area contributed by atoms with Gasteiger partial charge in [0.25, 0.3) is 0 Å². The molecule has 0 aliphatic carbocycles. The van der Waals surface area contributed by atoms with Crippen molar-refractivity contribution in [3.05, 3.63) is 56.7 Å². The predicted molar refractivity (Wildman–Crippen MR) is 81.6 cm³/mol. The molecule has 0 amide bonds. The summed E-state index contributed by atoms with van der Waals surface area (Å²) < 4.78 is 5.71. The van der Waals surface area contributed by atoms with E-state index in [1.165, 1.54) is 9.75 Å². The van der Waals surface area contributed by atoms with Gasteiger partial charge in [-0.05, 0) is 36.4 Å². The van der Waals surface area contributed by atoms with E-state index in [0.717, 1.165) is 23.7 Å². The summed E-state index contributed by atoms with van der Waals surface area (Å²) >= 11 is 7.64. The van der Waals surface area contributed by atoms with Gasteiger partial charge in [0.1, 0.15) is 0 Å². The maximum Gasteiger partial charge on any atom is 0.0814 e. The van der Waals surface area contributed by atoms with Crippen molar-refractivity contribution in [1.29, 1.82) is 0 Å². The number of hydrogen-bond acceptors (Lipinski definition) is 3. The molecule has 19 heavy (non-hydrogen) atoms. The lowest BCUT2D eigenvalue weighted by Crippen LogP contribution is -2.10. The third-order valence-corrected chi connectivity index (χ3v) is 4.00. The van der Waals surface area contributed by atoms with Crippen molar-refractivity contribution in [2.45, 2.75) is 26.7 Å². The number of hydrogen-bond donors (Lipinski definition) is 1. The van der Waals surface area contributed by atoms with Crippen LogP contribution in [-0.4, -0.2) is 6.54 Å². The quantitative estimate of drug-likeness (QED) is 0.825. The first-order valence-corrected chi connectivity index (χ1v) is 7.58. The lowest BCUT2D eigenvalue weighted by Gasteiger charge is -2.03. The Labute approximate surface area is 123 Å². The Bertz CT molecular complexity index is 495. The summed E-state index contributed by atoms with van der Waals surface area (Å²) in [5.74, 6) is 0. The third kappa shape index (κ3) is 4.96. The molecular formula is C15H18ClNOS. The van der Waals surface area contributed by atoms with Crippen LogP contribution in [0.25, 0.3) is 0 Å². The zero-order valence-corrected chi connectivity index (χ0v) is 12.6. The van der Waals surface area contributed by atoms with Gasteiger partial charge >= 0.3 is 0 Å². The van der Waals surface area contributed by atoms with E-state index >= 15 is 0 Å². The van der Waals surface area contributed by atoms with Gasteiger partial charge in [-0.3, -0.25) is 0 Å². The number of halogens is 1. The average molecular weight is 296 g/mol. The minimum atomic E-state index is 0.623. The van der Waals surface area contributed by atoms with Gasteiger partial charge in [0, 0.05) is 21.3 Å². The van der Waals surface area contributed by atoms with Crippen LogP contribution in [0.1, 0.15) is 22.2 Å². The third-order valence-electron chi connectivity index (χ3n) is 2.69. The molecular weight excluding hydrogens is 278 g/mol. The van der Waals surface area contributed by atoms with Crippen LogP contribution in [0, 0.1) is 0 Å². The highest BCUT2D eigenvalue weighted by molar-refractivity contribution is 7.11. The molecule has 0 saturated heterocycles. The molecule has 4 heteroatoms. The van der Waals surface area contributed by atoms with Crippen LogP contribution in [0.2, 0.25) is 5.02 Å². The van der Waals surface area contributed by atoms with Crippen LogP contribution in [-0.2, 0) is 24.5 Å². The van der Waals surface area contributed by atoms with Crippen LogP contribution >= 0.6 is 22.9 Å². The van der Waals surface area contributed by atoms with Crippen molar-refractivity contribution in [1.82, 2.24) is 5.32 Å². The zero-order chi connectivity index (χ0) is 13.5. The van der Waals surface area contributed by atoms with Crippen molar-refractivity contribution < 1.29 is 4.74 Å². The molecule has 1 aromatic heterocycles. The van der Waals surface area contributed by atoms with Crippen LogP contribution < -0.4 is 5.32 Å². The number of nitrogens with one attached hydrogen (secondary N) is 1. The van der Waals surface area contributed by atoms with Crippen molar-refractivity contribution in [3.8, 4) is 0 Å². The first-order valence-electron chi connectivity index (χ1n) is 6.38. The van der Waals surface area contributed by atoms with Crippen LogP contribution in [0.15, 0.2) is 36.4 Å². The van der Waals surface area contributed by atoms with Gasteiger partial charge in [-0.25, -0.2) is 0 Å². The highest BCUT2D eigenvalue weighted by Gasteiger charge is 2.00. The van der Waals surface area contributed by atoms with Crippen molar-refractivity contribution in [2.24, 2.45) is 0 Å². The average Bonchev–Trinajstić information content (AvgIpc) is 2.87. The lowest BCUT2D eigenvalue weighted by molar-refractivity contribution is 0.109. The molecule has 2 aromatic rings. The Hall–Kier alpha value is -0.870. The van der Waals surface area contributed by atoms with E-state index < -0.39 is 0 Å². The van der Waals surface area contributed by atoms with Gasteiger partial charge in [-0.15, -0.1) is 11.3 Å². The van der Waals surface area contributed by atoms with E-state index in [0.29, 0.717) is 13.2 Å². The number of ether oxygens (including phenoxy) is 1. The smallest absolute Gasteiger partial charge is 0.0814 e. The van der Waals surface area contributed by atoms with E-state index in [4.69, 9.17) is 16.3 Å². The maximum absolute atomic E-state index is 5.84. The second kappa shape index (κ2) is 7.65. The van der Waals surface area contributed by atoms with Crippen molar-refractivity contribution in [2.75, 3.05) is 6.54 Å². The Morgan fingerprint density at radius 1 is 1.05 bits per heavy atom. The summed E-state index contributed by atoms with van der Waals surface area (Å²) in [6.07, 6.45) is 0. The Morgan fingerprint density at radius 2 is 1.79 bits per heavy atom. The minimum Gasteiger partial charge on any atom is -0.371 e. The van der Waals surface area contributed by atoms with Gasteiger partial charge in [-0.2, -0.15) is 0 Å². The van der Waals surface area contributed by atoms with Gasteiger partial charge in [-0.1, -0.05) is 30.7 Å². The number of rotatable bonds is 7. The second-order valence-corrected chi connectivity index (χ2v) is 5.96. The number of thiophene rings is 1. The molecule has 0 bridgehead atoms. The van der Waals surface area contributed by atoms with E-state index in [1.807, 2.05) is 24.3 Å². The molecule has 0 unspecified atom stereocenters. The van der Waals surface area contributed by atoms with E-state index in [9.17, 15) is 0 Å². The van der Waals surface area contributed by atoms with Crippen LogP contribution in [0.3, 0.4) is 0 Å². The second-order valence-electron chi connectivity index (χ2n) is 4.27. The predicted octanol–water partition coefficient (Wildman–Crippen LogP) is 4.23. The normalized spacial score (nSPS) is 10.8. The van der Waals surface area contributed by atoms with Crippen LogP contribution in [0.5, 0.6) is 0 Å². The highest BCUT2D eigenvalue weighted by Crippen LogP contribution is 2.18.